The van der Waals surface area contributed by atoms with Gasteiger partial charge in [-0.05, 0) is 67.6 Å². The van der Waals surface area contributed by atoms with Gasteiger partial charge in [0.15, 0.2) is 5.82 Å². The van der Waals surface area contributed by atoms with Crippen molar-refractivity contribution in [1.29, 1.82) is 5.26 Å². The minimum Gasteiger partial charge on any atom is -0.342 e. The number of rotatable bonds is 4. The molecule has 7 nitrogen and oxygen atoms in total. The number of H-pyrrole nitrogens is 1. The van der Waals surface area contributed by atoms with Gasteiger partial charge in [-0.2, -0.15) is 5.26 Å². The zero-order valence-corrected chi connectivity index (χ0v) is 17.8. The number of carbonyl (C=O) groups excluding carboxylic acids is 1. The summed E-state index contributed by atoms with van der Waals surface area (Å²) in [5.41, 5.74) is 4.59. The molecule has 0 atom stereocenters. The third-order valence-electron chi connectivity index (χ3n) is 6.18. The van der Waals surface area contributed by atoms with E-state index in [0.29, 0.717) is 22.5 Å². The number of nitrogens with zero attached hydrogens (tertiary/aromatic N) is 3. The quantitative estimate of drug-likeness (QED) is 0.523. The molecule has 32 heavy (non-hydrogen) atoms. The van der Waals surface area contributed by atoms with Gasteiger partial charge in [0.05, 0.1) is 22.7 Å². The molecule has 158 valence electrons. The monoisotopic (exact) mass is 423 g/mol. The van der Waals surface area contributed by atoms with Gasteiger partial charge in [-0.15, -0.1) is 5.10 Å². The van der Waals surface area contributed by atoms with Crippen LogP contribution >= 0.6 is 0 Å². The van der Waals surface area contributed by atoms with Gasteiger partial charge in [0.25, 0.3) is 11.5 Å². The molecule has 1 aliphatic carbocycles. The lowest BCUT2D eigenvalue weighted by Crippen LogP contribution is -2.34. The summed E-state index contributed by atoms with van der Waals surface area (Å²) in [5.74, 6) is 0.189. The van der Waals surface area contributed by atoms with Gasteiger partial charge >= 0.3 is 0 Å². The molecule has 1 aliphatic rings. The average molecular weight is 423 g/mol. The Hall–Kier alpha value is -4.18. The molecule has 1 saturated carbocycles. The lowest BCUT2D eigenvalue weighted by Gasteiger charge is -2.17. The van der Waals surface area contributed by atoms with Gasteiger partial charge < -0.3 is 10.3 Å². The molecule has 0 bridgehead atoms. The molecule has 2 aromatic heterocycles. The van der Waals surface area contributed by atoms with Crippen LogP contribution in [0.4, 0.5) is 0 Å². The second kappa shape index (κ2) is 7.20. The first-order valence-electron chi connectivity index (χ1n) is 10.4. The van der Waals surface area contributed by atoms with E-state index in [2.05, 4.69) is 21.5 Å². The number of nitrogens with one attached hydrogen (secondary N) is 2. The maximum Gasteiger partial charge on any atom is 0.275 e. The Labute approximate surface area is 184 Å². The standard InChI is InChI=1S/C25H21N5O2/c1-15-3-6-18(11-16(15)2)22-27-24(32)21-12-19(14-30(21)29-22)23(31)28-25(9-10-25)20-7-4-17(13-26)5-8-20/h3-8,11-12,14H,9-10H2,1-2H3,(H,28,31)(H,27,29,32). The van der Waals surface area contributed by atoms with Crippen molar-refractivity contribution >= 4 is 11.4 Å². The first-order chi connectivity index (χ1) is 15.4. The number of hydrogen-bond donors (Lipinski definition) is 2. The van der Waals surface area contributed by atoms with Gasteiger partial charge in [-0.1, -0.05) is 24.3 Å². The molecule has 0 aliphatic heterocycles. The fraction of sp³-hybridized carbons (Fsp3) is 0.200. The topological polar surface area (TPSA) is 103 Å². The van der Waals surface area contributed by atoms with Gasteiger partial charge in [-0.25, -0.2) is 4.52 Å². The van der Waals surface area contributed by atoms with Gasteiger partial charge in [0, 0.05) is 11.8 Å². The number of amides is 1. The average Bonchev–Trinajstić information content (AvgIpc) is 3.43. The summed E-state index contributed by atoms with van der Waals surface area (Å²) in [6, 6.07) is 16.8. The highest BCUT2D eigenvalue weighted by atomic mass is 16.2. The SMILES string of the molecule is Cc1ccc(-c2nn3cc(C(=O)NC4(c5ccc(C#N)cc5)CC4)cc3c(=O)[nH]2)cc1C. The Balaban J connectivity index is 1.45. The maximum atomic E-state index is 13.0. The predicted octanol–water partition coefficient (Wildman–Crippen LogP) is 3.60. The third-order valence-corrected chi connectivity index (χ3v) is 6.18. The molecule has 2 heterocycles. The second-order valence-electron chi connectivity index (χ2n) is 8.39. The van der Waals surface area contributed by atoms with E-state index in [9.17, 15) is 9.59 Å². The van der Waals surface area contributed by atoms with E-state index >= 15 is 0 Å². The molecule has 2 N–H and O–H groups in total. The van der Waals surface area contributed by atoms with Gasteiger partial charge in [-0.3, -0.25) is 9.59 Å². The number of aromatic nitrogens is 3. The lowest BCUT2D eigenvalue weighted by molar-refractivity contribution is 0.0931. The van der Waals surface area contributed by atoms with Gasteiger partial charge in [0.1, 0.15) is 5.52 Å². The summed E-state index contributed by atoms with van der Waals surface area (Å²) in [5, 5.41) is 16.6. The fourth-order valence-electron chi connectivity index (χ4n) is 3.92. The summed E-state index contributed by atoms with van der Waals surface area (Å²) in [4.78, 5) is 28.5. The normalized spacial score (nSPS) is 14.2. The number of nitriles is 1. The molecular formula is C25H21N5O2. The minimum absolute atomic E-state index is 0.260. The Morgan fingerprint density at radius 1 is 1.12 bits per heavy atom. The van der Waals surface area contributed by atoms with E-state index in [1.54, 1.807) is 24.4 Å². The van der Waals surface area contributed by atoms with E-state index in [1.165, 1.54) is 4.52 Å². The number of aryl methyl sites for hydroxylation is 2. The zero-order valence-electron chi connectivity index (χ0n) is 17.8. The molecule has 0 spiro atoms. The van der Waals surface area contributed by atoms with Crippen molar-refractivity contribution in [2.24, 2.45) is 0 Å². The summed E-state index contributed by atoms with van der Waals surface area (Å²) < 4.78 is 1.46. The minimum atomic E-state index is -0.427. The van der Waals surface area contributed by atoms with Gasteiger partial charge in [0.2, 0.25) is 0 Å². The van der Waals surface area contributed by atoms with E-state index in [-0.39, 0.29) is 11.5 Å². The van der Waals surface area contributed by atoms with E-state index in [1.807, 2.05) is 44.2 Å². The smallest absolute Gasteiger partial charge is 0.275 e. The van der Waals surface area contributed by atoms with E-state index in [0.717, 1.165) is 35.1 Å². The molecule has 7 heteroatoms. The first-order valence-corrected chi connectivity index (χ1v) is 10.4. The zero-order chi connectivity index (χ0) is 22.5. The number of benzene rings is 2. The van der Waals surface area contributed by atoms with Crippen LogP contribution in [0.15, 0.2) is 59.5 Å². The van der Waals surface area contributed by atoms with Crippen LogP contribution in [0.3, 0.4) is 0 Å². The van der Waals surface area contributed by atoms with Crippen LogP contribution in [0.5, 0.6) is 0 Å². The largest absolute Gasteiger partial charge is 0.342 e. The van der Waals surface area contributed by atoms with Crippen LogP contribution in [-0.2, 0) is 5.54 Å². The van der Waals surface area contributed by atoms with Crippen molar-refractivity contribution in [2.75, 3.05) is 0 Å². The van der Waals surface area contributed by atoms with Crippen molar-refractivity contribution in [3.05, 3.63) is 92.9 Å². The highest BCUT2D eigenvalue weighted by Crippen LogP contribution is 2.45. The van der Waals surface area contributed by atoms with Crippen molar-refractivity contribution in [2.45, 2.75) is 32.2 Å². The van der Waals surface area contributed by atoms with E-state index in [4.69, 9.17) is 5.26 Å². The number of aromatic amines is 1. The number of carbonyl (C=O) groups is 1. The van der Waals surface area contributed by atoms with Crippen molar-refractivity contribution in [3.63, 3.8) is 0 Å². The molecule has 0 radical (unpaired) electrons. The molecule has 5 rings (SSSR count). The molecule has 2 aromatic carbocycles. The van der Waals surface area contributed by atoms with Crippen molar-refractivity contribution < 1.29 is 4.79 Å². The van der Waals surface area contributed by atoms with E-state index < -0.39 is 5.54 Å². The maximum absolute atomic E-state index is 13.0. The highest BCUT2D eigenvalue weighted by Gasteiger charge is 2.45. The molecule has 1 fully saturated rings. The summed E-state index contributed by atoms with van der Waals surface area (Å²) in [6.07, 6.45) is 3.24. The highest BCUT2D eigenvalue weighted by molar-refractivity contribution is 5.96. The number of fused-ring (bicyclic) bond motifs is 1. The third kappa shape index (κ3) is 3.36. The first kappa shape index (κ1) is 19.8. The predicted molar refractivity (Wildman–Crippen MR) is 120 cm³/mol. The Morgan fingerprint density at radius 3 is 2.53 bits per heavy atom. The molecule has 4 aromatic rings. The fourth-order valence-corrected chi connectivity index (χ4v) is 3.92. The Bertz CT molecular complexity index is 1470. The van der Waals surface area contributed by atoms with Crippen LogP contribution < -0.4 is 10.9 Å². The second-order valence-corrected chi connectivity index (χ2v) is 8.39. The molecular weight excluding hydrogens is 402 g/mol. The molecule has 1 amide bonds. The van der Waals surface area contributed by atoms with Crippen LogP contribution in [-0.4, -0.2) is 20.5 Å². The summed E-state index contributed by atoms with van der Waals surface area (Å²) in [6.45, 7) is 4.04. The van der Waals surface area contributed by atoms with Crippen LogP contribution in [0.25, 0.3) is 16.9 Å². The van der Waals surface area contributed by atoms with Crippen LogP contribution in [0, 0.1) is 25.2 Å². The summed E-state index contributed by atoms with van der Waals surface area (Å²) in [7, 11) is 0. The lowest BCUT2D eigenvalue weighted by atomic mass is 10.0. The Morgan fingerprint density at radius 2 is 1.88 bits per heavy atom. The molecule has 0 saturated heterocycles. The van der Waals surface area contributed by atoms with Crippen LogP contribution in [0.1, 0.15) is 45.5 Å². The van der Waals surface area contributed by atoms with Crippen molar-refractivity contribution in [3.8, 4) is 17.5 Å². The van der Waals surface area contributed by atoms with Crippen LogP contribution in [0.2, 0.25) is 0 Å². The summed E-state index contributed by atoms with van der Waals surface area (Å²) >= 11 is 0. The van der Waals surface area contributed by atoms with Crippen molar-refractivity contribution in [1.82, 2.24) is 19.9 Å². The Kier molecular flexibility index (Phi) is 4.45. The number of hydrogen-bond acceptors (Lipinski definition) is 4. The molecule has 0 unspecified atom stereocenters.